The highest BCUT2D eigenvalue weighted by atomic mass is 16.3. The van der Waals surface area contributed by atoms with E-state index in [0.29, 0.717) is 30.0 Å². The normalized spacial score (nSPS) is 31.4. The highest BCUT2D eigenvalue weighted by molar-refractivity contribution is 6.09. The molecule has 1 fully saturated rings. The average molecular weight is 315 g/mol. The molecule has 2 aliphatic rings. The van der Waals surface area contributed by atoms with Crippen molar-refractivity contribution in [1.29, 1.82) is 0 Å². The first-order chi connectivity index (χ1) is 10.7. The first-order valence-corrected chi connectivity index (χ1v) is 8.30. The monoisotopic (exact) mass is 315 g/mol. The van der Waals surface area contributed by atoms with Gasteiger partial charge in [-0.25, -0.2) is 0 Å². The van der Waals surface area contributed by atoms with Crippen LogP contribution in [0, 0.1) is 17.3 Å². The Morgan fingerprint density at radius 3 is 2.52 bits per heavy atom. The second kappa shape index (κ2) is 5.17. The first kappa shape index (κ1) is 16.2. The molecule has 0 unspecified atom stereocenters. The number of aliphatic hydroxyl groups is 1. The van der Waals surface area contributed by atoms with E-state index in [9.17, 15) is 14.7 Å². The van der Waals surface area contributed by atoms with Crippen molar-refractivity contribution in [3.05, 3.63) is 29.8 Å². The maximum absolute atomic E-state index is 12.8. The number of rotatable bonds is 1. The van der Waals surface area contributed by atoms with Crippen molar-refractivity contribution in [2.75, 3.05) is 11.9 Å². The number of likely N-dealkylation sites (N-methyl/N-ethyl adjacent to an activating group) is 1. The van der Waals surface area contributed by atoms with E-state index in [0.717, 1.165) is 6.42 Å². The van der Waals surface area contributed by atoms with E-state index in [2.05, 4.69) is 20.8 Å². The molecule has 3 rings (SSSR count). The van der Waals surface area contributed by atoms with Crippen molar-refractivity contribution in [2.45, 2.75) is 45.6 Å². The number of para-hydroxylation sites is 1. The van der Waals surface area contributed by atoms with Crippen LogP contribution in [0.2, 0.25) is 0 Å². The molecule has 0 spiro atoms. The molecule has 1 amide bonds. The van der Waals surface area contributed by atoms with Gasteiger partial charge in [0.15, 0.2) is 5.60 Å². The number of ketones is 1. The first-order valence-electron chi connectivity index (χ1n) is 8.30. The Balaban J connectivity index is 2.05. The van der Waals surface area contributed by atoms with Gasteiger partial charge >= 0.3 is 0 Å². The van der Waals surface area contributed by atoms with E-state index in [4.69, 9.17) is 0 Å². The van der Waals surface area contributed by atoms with Crippen molar-refractivity contribution < 1.29 is 14.7 Å². The Hall–Kier alpha value is -1.68. The van der Waals surface area contributed by atoms with Gasteiger partial charge in [0.2, 0.25) is 0 Å². The minimum Gasteiger partial charge on any atom is -0.375 e. The molecular weight excluding hydrogens is 290 g/mol. The van der Waals surface area contributed by atoms with Crippen LogP contribution in [0.5, 0.6) is 0 Å². The molecule has 1 aromatic rings. The zero-order chi connectivity index (χ0) is 17.0. The molecule has 1 N–H and O–H groups in total. The van der Waals surface area contributed by atoms with Crippen LogP contribution in [-0.2, 0) is 15.2 Å². The molecule has 4 heteroatoms. The van der Waals surface area contributed by atoms with Crippen LogP contribution in [0.1, 0.15) is 45.6 Å². The van der Waals surface area contributed by atoms with Gasteiger partial charge in [-0.1, -0.05) is 39.0 Å². The Kier molecular flexibility index (Phi) is 3.64. The lowest BCUT2D eigenvalue weighted by Crippen LogP contribution is -2.50. The van der Waals surface area contributed by atoms with Crippen LogP contribution in [-0.4, -0.2) is 23.8 Å². The molecule has 0 saturated heterocycles. The number of hydrogen-bond acceptors (Lipinski definition) is 3. The summed E-state index contributed by atoms with van der Waals surface area (Å²) in [4.78, 5) is 26.9. The SMILES string of the molecule is CN1C(=O)[C@](O)([C@@H]2C[C@@H](C(C)(C)C)CCC2=O)c2ccccc21. The van der Waals surface area contributed by atoms with Crippen LogP contribution in [0.3, 0.4) is 0 Å². The largest absolute Gasteiger partial charge is 0.375 e. The number of benzene rings is 1. The average Bonchev–Trinajstić information content (AvgIpc) is 2.70. The van der Waals surface area contributed by atoms with Gasteiger partial charge in [-0.2, -0.15) is 0 Å². The minimum atomic E-state index is -1.72. The van der Waals surface area contributed by atoms with Gasteiger partial charge < -0.3 is 10.0 Å². The molecule has 124 valence electrons. The Morgan fingerprint density at radius 1 is 1.22 bits per heavy atom. The van der Waals surface area contributed by atoms with Gasteiger partial charge in [0.1, 0.15) is 5.78 Å². The number of carbonyl (C=O) groups excluding carboxylic acids is 2. The zero-order valence-corrected chi connectivity index (χ0v) is 14.3. The van der Waals surface area contributed by atoms with Gasteiger partial charge in [-0.05, 0) is 30.2 Å². The van der Waals surface area contributed by atoms with Gasteiger partial charge in [0.25, 0.3) is 5.91 Å². The van der Waals surface area contributed by atoms with E-state index in [1.54, 1.807) is 13.1 Å². The van der Waals surface area contributed by atoms with Crippen molar-refractivity contribution in [3.8, 4) is 0 Å². The Morgan fingerprint density at radius 2 is 1.87 bits per heavy atom. The van der Waals surface area contributed by atoms with E-state index in [1.165, 1.54) is 4.90 Å². The molecule has 1 heterocycles. The third kappa shape index (κ3) is 2.31. The van der Waals surface area contributed by atoms with Crippen LogP contribution >= 0.6 is 0 Å². The number of nitrogens with zero attached hydrogens (tertiary/aromatic N) is 1. The van der Waals surface area contributed by atoms with Crippen molar-refractivity contribution in [3.63, 3.8) is 0 Å². The fourth-order valence-corrected chi connectivity index (χ4v) is 4.12. The summed E-state index contributed by atoms with van der Waals surface area (Å²) in [7, 11) is 1.66. The maximum atomic E-state index is 12.8. The summed E-state index contributed by atoms with van der Waals surface area (Å²) in [6.45, 7) is 6.47. The summed E-state index contributed by atoms with van der Waals surface area (Å²) >= 11 is 0. The highest BCUT2D eigenvalue weighted by Gasteiger charge is 2.57. The molecule has 1 saturated carbocycles. The number of hydrogen-bond donors (Lipinski definition) is 1. The summed E-state index contributed by atoms with van der Waals surface area (Å²) in [5.41, 5.74) is -0.388. The number of anilines is 1. The predicted molar refractivity (Wildman–Crippen MR) is 89.0 cm³/mol. The summed E-state index contributed by atoms with van der Waals surface area (Å²) in [6.07, 6.45) is 1.83. The van der Waals surface area contributed by atoms with Gasteiger partial charge in [-0.15, -0.1) is 0 Å². The Bertz CT molecular complexity index is 661. The van der Waals surface area contributed by atoms with Gasteiger partial charge in [0.05, 0.1) is 11.6 Å². The maximum Gasteiger partial charge on any atom is 0.264 e. The number of fused-ring (bicyclic) bond motifs is 1. The topological polar surface area (TPSA) is 57.6 Å². The van der Waals surface area contributed by atoms with Crippen molar-refractivity contribution in [1.82, 2.24) is 0 Å². The molecular formula is C19H25NO3. The molecule has 0 bridgehead atoms. The number of carbonyl (C=O) groups is 2. The van der Waals surface area contributed by atoms with Crippen LogP contribution < -0.4 is 4.90 Å². The molecule has 3 atom stereocenters. The lowest BCUT2D eigenvalue weighted by molar-refractivity contribution is -0.154. The lowest BCUT2D eigenvalue weighted by Gasteiger charge is -2.41. The van der Waals surface area contributed by atoms with Crippen LogP contribution in [0.25, 0.3) is 0 Å². The summed E-state index contributed by atoms with van der Waals surface area (Å²) in [5.74, 6) is -0.711. The zero-order valence-electron chi connectivity index (χ0n) is 14.3. The molecule has 1 aliphatic heterocycles. The molecule has 1 aromatic carbocycles. The number of Topliss-reactive ketones (excluding diaryl/α,β-unsaturated/α-hetero) is 1. The van der Waals surface area contributed by atoms with E-state index >= 15 is 0 Å². The summed E-state index contributed by atoms with van der Waals surface area (Å²) < 4.78 is 0. The standard InChI is InChI=1S/C19H25NO3/c1-18(2,3)12-9-10-16(21)14(11-12)19(23)13-7-5-6-8-15(13)20(4)17(19)22/h5-8,12,14,23H,9-11H2,1-4H3/t12-,14+,19+/m0/s1. The molecule has 1 aliphatic carbocycles. The molecule has 0 radical (unpaired) electrons. The van der Waals surface area contributed by atoms with Crippen LogP contribution in [0.15, 0.2) is 24.3 Å². The van der Waals surface area contributed by atoms with Gasteiger partial charge in [-0.3, -0.25) is 9.59 Å². The minimum absolute atomic E-state index is 0.00598. The van der Waals surface area contributed by atoms with Gasteiger partial charge in [0, 0.05) is 19.0 Å². The fraction of sp³-hybridized carbons (Fsp3) is 0.579. The molecule has 0 aromatic heterocycles. The molecule has 23 heavy (non-hydrogen) atoms. The molecule has 4 nitrogen and oxygen atoms in total. The second-order valence-corrected chi connectivity index (χ2v) is 8.00. The Labute approximate surface area is 137 Å². The smallest absolute Gasteiger partial charge is 0.264 e. The van der Waals surface area contributed by atoms with Crippen molar-refractivity contribution >= 4 is 17.4 Å². The second-order valence-electron chi connectivity index (χ2n) is 8.00. The highest BCUT2D eigenvalue weighted by Crippen LogP contribution is 2.50. The van der Waals surface area contributed by atoms with Crippen LogP contribution in [0.4, 0.5) is 5.69 Å². The summed E-state index contributed by atoms with van der Waals surface area (Å²) in [5, 5.41) is 11.3. The third-order valence-corrected chi connectivity index (χ3v) is 5.68. The van der Waals surface area contributed by atoms with E-state index in [1.807, 2.05) is 18.2 Å². The fourth-order valence-electron chi connectivity index (χ4n) is 4.12. The third-order valence-electron chi connectivity index (χ3n) is 5.68. The predicted octanol–water partition coefficient (Wildman–Crippen LogP) is 2.88. The van der Waals surface area contributed by atoms with Crippen molar-refractivity contribution in [2.24, 2.45) is 17.3 Å². The quantitative estimate of drug-likeness (QED) is 0.867. The van der Waals surface area contributed by atoms with E-state index in [-0.39, 0.29) is 17.1 Å². The lowest BCUT2D eigenvalue weighted by atomic mass is 9.63. The summed E-state index contributed by atoms with van der Waals surface area (Å²) in [6, 6.07) is 7.24. The number of amides is 1. The van der Waals surface area contributed by atoms with E-state index < -0.39 is 11.5 Å².